The highest BCUT2D eigenvalue weighted by Crippen LogP contribution is 2.12. The summed E-state index contributed by atoms with van der Waals surface area (Å²) in [6.45, 7) is 3.45. The summed E-state index contributed by atoms with van der Waals surface area (Å²) in [5.74, 6) is -0.179. The van der Waals surface area contributed by atoms with Crippen molar-refractivity contribution in [1.82, 2.24) is 15.5 Å². The Bertz CT molecular complexity index is 646. The molecule has 25 heavy (non-hydrogen) atoms. The molecule has 1 aromatic carbocycles. The molecule has 0 saturated carbocycles. The average Bonchev–Trinajstić information content (AvgIpc) is 2.57. The van der Waals surface area contributed by atoms with Crippen LogP contribution in [0, 0.1) is 5.82 Å². The molecule has 1 aliphatic heterocycles. The van der Waals surface area contributed by atoms with Crippen molar-refractivity contribution in [3.05, 3.63) is 41.4 Å². The van der Waals surface area contributed by atoms with Gasteiger partial charge in [-0.05, 0) is 38.2 Å². The summed E-state index contributed by atoms with van der Waals surface area (Å²) in [5, 5.41) is 5.22. The summed E-state index contributed by atoms with van der Waals surface area (Å²) in [6, 6.07) is 5.44. The Labute approximate surface area is 145 Å². The lowest BCUT2D eigenvalue weighted by Crippen LogP contribution is -2.46. The number of nitrogens with zero attached hydrogens (tertiary/aromatic N) is 1. The van der Waals surface area contributed by atoms with E-state index in [1.807, 2.05) is 11.9 Å². The van der Waals surface area contributed by atoms with Gasteiger partial charge in [-0.25, -0.2) is 14.0 Å². The first kappa shape index (κ1) is 18.7. The molecule has 0 bridgehead atoms. The lowest BCUT2D eigenvalue weighted by molar-refractivity contribution is -0.138. The minimum absolute atomic E-state index is 0.139. The molecule has 2 N–H and O–H groups in total. The molecule has 1 aliphatic rings. The fourth-order valence-electron chi connectivity index (χ4n) is 2.28. The zero-order chi connectivity index (χ0) is 18.2. The minimum Gasteiger partial charge on any atom is -0.492 e. The summed E-state index contributed by atoms with van der Waals surface area (Å²) >= 11 is 0. The summed E-state index contributed by atoms with van der Waals surface area (Å²) in [4.78, 5) is 25.4. The van der Waals surface area contributed by atoms with E-state index in [1.54, 1.807) is 19.1 Å². The van der Waals surface area contributed by atoms with Gasteiger partial charge in [0.2, 0.25) is 0 Å². The molecule has 136 valence electrons. The van der Waals surface area contributed by atoms with Crippen LogP contribution in [-0.4, -0.2) is 56.8 Å². The molecule has 0 spiro atoms. The molecule has 1 aromatic rings. The number of likely N-dealkylation sites (N-methyl/N-ethyl adjacent to an activating group) is 1. The highest BCUT2D eigenvalue weighted by atomic mass is 19.1. The van der Waals surface area contributed by atoms with Crippen molar-refractivity contribution < 1.29 is 23.5 Å². The van der Waals surface area contributed by atoms with Gasteiger partial charge in [0.25, 0.3) is 0 Å². The Balaban J connectivity index is 1.89. The lowest BCUT2D eigenvalue weighted by atomic mass is 10.1. The topological polar surface area (TPSA) is 79.9 Å². The number of carbonyl (C=O) groups is 2. The molecule has 0 atom stereocenters. The number of nitrogens with one attached hydrogen (secondary N) is 2. The van der Waals surface area contributed by atoms with Gasteiger partial charge in [0.15, 0.2) is 0 Å². The third-order valence-corrected chi connectivity index (χ3v) is 3.56. The van der Waals surface area contributed by atoms with E-state index >= 15 is 0 Å². The number of hydrogen-bond acceptors (Lipinski definition) is 5. The number of urea groups is 1. The predicted octanol–water partition coefficient (Wildman–Crippen LogP) is 1.27. The van der Waals surface area contributed by atoms with Crippen molar-refractivity contribution in [2.24, 2.45) is 0 Å². The van der Waals surface area contributed by atoms with Crippen molar-refractivity contribution >= 4 is 12.0 Å². The molecule has 0 fully saturated rings. The standard InChI is InChI=1S/C17H22FN3O4/c1-3-24-16(22)14-10-19-17(23)20-15(14)11-21(2)8-9-25-13-6-4-12(18)5-7-13/h4-7H,3,8-11H2,1-2H3,(H2,19,20,23). The highest BCUT2D eigenvalue weighted by Gasteiger charge is 2.24. The molecule has 0 unspecified atom stereocenters. The quantitative estimate of drug-likeness (QED) is 0.690. The average molecular weight is 351 g/mol. The molecule has 7 nitrogen and oxygen atoms in total. The summed E-state index contributed by atoms with van der Waals surface area (Å²) in [5.41, 5.74) is 0.930. The number of benzene rings is 1. The molecular formula is C17H22FN3O4. The van der Waals surface area contributed by atoms with E-state index < -0.39 is 5.97 Å². The Kier molecular flexibility index (Phi) is 6.76. The number of halogens is 1. The maximum Gasteiger partial charge on any atom is 0.337 e. The van der Waals surface area contributed by atoms with Gasteiger partial charge in [-0.3, -0.25) is 4.90 Å². The van der Waals surface area contributed by atoms with Crippen molar-refractivity contribution in [1.29, 1.82) is 0 Å². The van der Waals surface area contributed by atoms with Gasteiger partial charge in [-0.1, -0.05) is 0 Å². The van der Waals surface area contributed by atoms with Gasteiger partial charge in [-0.2, -0.15) is 0 Å². The normalized spacial score (nSPS) is 14.2. The van der Waals surface area contributed by atoms with Crippen molar-refractivity contribution in [2.45, 2.75) is 6.92 Å². The number of ether oxygens (including phenoxy) is 2. The molecule has 8 heteroatoms. The number of rotatable bonds is 8. The first-order valence-electron chi connectivity index (χ1n) is 8.00. The molecule has 2 amide bonds. The van der Waals surface area contributed by atoms with Gasteiger partial charge in [0.05, 0.1) is 18.7 Å². The Morgan fingerprint density at radius 2 is 2.04 bits per heavy atom. The zero-order valence-corrected chi connectivity index (χ0v) is 14.3. The maximum atomic E-state index is 12.8. The van der Waals surface area contributed by atoms with Crippen LogP contribution in [0.15, 0.2) is 35.5 Å². The monoisotopic (exact) mass is 351 g/mol. The molecule has 0 saturated heterocycles. The molecule has 0 radical (unpaired) electrons. The smallest absolute Gasteiger partial charge is 0.337 e. The van der Waals surface area contributed by atoms with Crippen LogP contribution < -0.4 is 15.4 Å². The molecule has 0 aromatic heterocycles. The number of amides is 2. The zero-order valence-electron chi connectivity index (χ0n) is 14.3. The van der Waals surface area contributed by atoms with Crippen LogP contribution in [0.1, 0.15) is 6.92 Å². The van der Waals surface area contributed by atoms with E-state index in [-0.39, 0.29) is 25.0 Å². The van der Waals surface area contributed by atoms with Crippen LogP contribution in [0.2, 0.25) is 0 Å². The summed E-state index contributed by atoms with van der Waals surface area (Å²) in [6.07, 6.45) is 0. The van der Waals surface area contributed by atoms with E-state index in [9.17, 15) is 14.0 Å². The largest absolute Gasteiger partial charge is 0.492 e. The summed E-state index contributed by atoms with van der Waals surface area (Å²) < 4.78 is 23.4. The van der Waals surface area contributed by atoms with Crippen LogP contribution in [0.5, 0.6) is 5.75 Å². The molecule has 2 rings (SSSR count). The fraction of sp³-hybridized carbons (Fsp3) is 0.412. The second-order valence-corrected chi connectivity index (χ2v) is 5.53. The first-order chi connectivity index (χ1) is 12.0. The number of esters is 1. The van der Waals surface area contributed by atoms with E-state index in [1.165, 1.54) is 12.1 Å². The van der Waals surface area contributed by atoms with Crippen molar-refractivity contribution in [3.63, 3.8) is 0 Å². The van der Waals surface area contributed by atoms with Crippen LogP contribution in [0.3, 0.4) is 0 Å². The van der Waals surface area contributed by atoms with E-state index in [0.717, 1.165) is 0 Å². The minimum atomic E-state index is -0.444. The Morgan fingerprint density at radius 3 is 2.72 bits per heavy atom. The van der Waals surface area contributed by atoms with Crippen molar-refractivity contribution in [3.8, 4) is 5.75 Å². The Hall–Kier alpha value is -2.61. The highest BCUT2D eigenvalue weighted by molar-refractivity contribution is 5.93. The second kappa shape index (κ2) is 9.03. The molecular weight excluding hydrogens is 329 g/mol. The third kappa shape index (κ3) is 5.75. The van der Waals surface area contributed by atoms with E-state index in [0.29, 0.717) is 36.7 Å². The van der Waals surface area contributed by atoms with Gasteiger partial charge < -0.3 is 20.1 Å². The van der Waals surface area contributed by atoms with Crippen LogP contribution in [-0.2, 0) is 9.53 Å². The van der Waals surface area contributed by atoms with Gasteiger partial charge >= 0.3 is 12.0 Å². The molecule has 0 aliphatic carbocycles. The SMILES string of the molecule is CCOC(=O)C1=C(CN(C)CCOc2ccc(F)cc2)NC(=O)NC1. The van der Waals surface area contributed by atoms with Crippen molar-refractivity contribution in [2.75, 3.05) is 39.9 Å². The molecule has 1 heterocycles. The summed E-state index contributed by atoms with van der Waals surface area (Å²) in [7, 11) is 1.85. The predicted molar refractivity (Wildman–Crippen MR) is 89.6 cm³/mol. The number of hydrogen-bond donors (Lipinski definition) is 2. The Morgan fingerprint density at radius 1 is 1.32 bits per heavy atom. The third-order valence-electron chi connectivity index (χ3n) is 3.56. The van der Waals surface area contributed by atoms with Crippen LogP contribution >= 0.6 is 0 Å². The lowest BCUT2D eigenvalue weighted by Gasteiger charge is -2.25. The number of carbonyl (C=O) groups excluding carboxylic acids is 2. The van der Waals surface area contributed by atoms with Gasteiger partial charge in [-0.15, -0.1) is 0 Å². The second-order valence-electron chi connectivity index (χ2n) is 5.53. The van der Waals surface area contributed by atoms with Crippen LogP contribution in [0.25, 0.3) is 0 Å². The van der Waals surface area contributed by atoms with Crippen LogP contribution in [0.4, 0.5) is 9.18 Å². The van der Waals surface area contributed by atoms with Gasteiger partial charge in [0.1, 0.15) is 18.2 Å². The van der Waals surface area contributed by atoms with E-state index in [2.05, 4.69) is 10.6 Å². The van der Waals surface area contributed by atoms with Gasteiger partial charge in [0, 0.05) is 18.8 Å². The maximum absolute atomic E-state index is 12.8. The first-order valence-corrected chi connectivity index (χ1v) is 8.00. The van der Waals surface area contributed by atoms with E-state index in [4.69, 9.17) is 9.47 Å². The fourth-order valence-corrected chi connectivity index (χ4v) is 2.28.